The highest BCUT2D eigenvalue weighted by molar-refractivity contribution is 7.13. The second-order valence-corrected chi connectivity index (χ2v) is 8.70. The predicted molar refractivity (Wildman–Crippen MR) is 109 cm³/mol. The fourth-order valence-electron chi connectivity index (χ4n) is 4.07. The topological polar surface area (TPSA) is 75.6 Å². The van der Waals surface area contributed by atoms with Gasteiger partial charge in [0.2, 0.25) is 0 Å². The number of hydrogen-bond acceptors (Lipinski definition) is 5. The summed E-state index contributed by atoms with van der Waals surface area (Å²) in [7, 11) is 1.80. The van der Waals surface area contributed by atoms with E-state index in [0.717, 1.165) is 28.5 Å². The monoisotopic (exact) mass is 392 g/mol. The molecule has 1 aromatic rings. The molecule has 7 heteroatoms. The number of guanidine groups is 1. The lowest BCUT2D eigenvalue weighted by Crippen LogP contribution is -2.40. The van der Waals surface area contributed by atoms with Crippen LogP contribution in [0.25, 0.3) is 0 Å². The average molecular weight is 393 g/mol. The molecule has 3 atom stereocenters. The third-order valence-electron chi connectivity index (χ3n) is 5.64. The molecule has 2 saturated carbocycles. The first-order valence-electron chi connectivity index (χ1n) is 10.2. The van der Waals surface area contributed by atoms with Crippen LogP contribution in [-0.4, -0.2) is 36.6 Å². The van der Waals surface area contributed by atoms with Gasteiger partial charge in [0.15, 0.2) is 5.96 Å². The zero-order valence-corrected chi connectivity index (χ0v) is 17.7. The van der Waals surface area contributed by atoms with Gasteiger partial charge in [0.1, 0.15) is 9.88 Å². The van der Waals surface area contributed by atoms with Crippen LogP contribution < -0.4 is 10.6 Å². The molecule has 2 aliphatic rings. The molecule has 0 aliphatic heterocycles. The minimum atomic E-state index is -0.290. The Morgan fingerprint density at radius 2 is 2.11 bits per heavy atom. The van der Waals surface area contributed by atoms with Gasteiger partial charge in [-0.1, -0.05) is 32.1 Å². The summed E-state index contributed by atoms with van der Waals surface area (Å²) in [5, 5.41) is 7.87. The van der Waals surface area contributed by atoms with Crippen LogP contribution in [0.5, 0.6) is 0 Å². The quantitative estimate of drug-likeness (QED) is 0.437. The lowest BCUT2D eigenvalue weighted by atomic mass is 9.85. The van der Waals surface area contributed by atoms with Crippen molar-refractivity contribution >= 4 is 23.3 Å². The maximum atomic E-state index is 12.0. The van der Waals surface area contributed by atoms with Crippen molar-refractivity contribution in [3.8, 4) is 0 Å². The number of nitrogens with zero attached hydrogens (tertiary/aromatic N) is 2. The molecule has 150 valence electrons. The first kappa shape index (κ1) is 20.1. The molecule has 0 aromatic carbocycles. The molecule has 1 aromatic heterocycles. The first-order valence-corrected chi connectivity index (χ1v) is 11.0. The van der Waals surface area contributed by atoms with E-state index in [9.17, 15) is 4.79 Å². The van der Waals surface area contributed by atoms with E-state index in [0.29, 0.717) is 17.5 Å². The summed E-state index contributed by atoms with van der Waals surface area (Å²) >= 11 is 1.39. The summed E-state index contributed by atoms with van der Waals surface area (Å²) in [6, 6.07) is 0.523. The zero-order chi connectivity index (χ0) is 19.4. The molecule has 2 N–H and O–H groups in total. The third-order valence-corrected chi connectivity index (χ3v) is 6.96. The van der Waals surface area contributed by atoms with Crippen molar-refractivity contribution in [2.45, 2.75) is 71.4 Å². The van der Waals surface area contributed by atoms with E-state index in [1.54, 1.807) is 7.05 Å². The summed E-state index contributed by atoms with van der Waals surface area (Å²) in [6.07, 6.45) is 8.22. The molecule has 0 saturated heterocycles. The Hall–Kier alpha value is -1.63. The Kier molecular flexibility index (Phi) is 6.73. The zero-order valence-electron chi connectivity index (χ0n) is 16.9. The maximum Gasteiger partial charge on any atom is 0.350 e. The van der Waals surface area contributed by atoms with E-state index < -0.39 is 0 Å². The van der Waals surface area contributed by atoms with E-state index in [-0.39, 0.29) is 12.0 Å². The smallest absolute Gasteiger partial charge is 0.350 e. The van der Waals surface area contributed by atoms with Crippen molar-refractivity contribution in [3.63, 3.8) is 0 Å². The van der Waals surface area contributed by atoms with E-state index in [2.05, 4.69) is 20.6 Å². The van der Waals surface area contributed by atoms with Gasteiger partial charge < -0.3 is 15.4 Å². The third kappa shape index (κ3) is 5.00. The highest BCUT2D eigenvalue weighted by atomic mass is 32.1. The van der Waals surface area contributed by atoms with Crippen molar-refractivity contribution in [2.75, 3.05) is 13.7 Å². The first-order chi connectivity index (χ1) is 13.0. The number of carbonyl (C=O) groups is 1. The van der Waals surface area contributed by atoms with Gasteiger partial charge in [-0.05, 0) is 39.0 Å². The van der Waals surface area contributed by atoms with Crippen molar-refractivity contribution in [1.82, 2.24) is 15.6 Å². The Bertz CT molecular complexity index is 682. The molecule has 3 rings (SSSR count). The molecule has 2 fully saturated rings. The van der Waals surface area contributed by atoms with Crippen LogP contribution in [0.4, 0.5) is 0 Å². The summed E-state index contributed by atoms with van der Waals surface area (Å²) in [4.78, 5) is 21.5. The van der Waals surface area contributed by atoms with Crippen molar-refractivity contribution in [2.24, 2.45) is 16.8 Å². The van der Waals surface area contributed by atoms with Gasteiger partial charge >= 0.3 is 5.97 Å². The summed E-state index contributed by atoms with van der Waals surface area (Å²) in [5.74, 6) is 2.22. The van der Waals surface area contributed by atoms with Gasteiger partial charge in [-0.3, -0.25) is 4.99 Å². The van der Waals surface area contributed by atoms with Gasteiger partial charge in [-0.25, -0.2) is 9.78 Å². The SMILES string of the molecule is CCOC(=O)c1sc(C(C)NC(=NC)NC2CC2C2CCCCC2)nc1C. The highest BCUT2D eigenvalue weighted by Crippen LogP contribution is 2.44. The standard InChI is InChI=1S/C20H32N4O2S/c1-5-26-19(25)17-12(2)22-18(27-17)13(3)23-20(21-4)24-16-11-15(16)14-9-7-6-8-10-14/h13-16H,5-11H2,1-4H3,(H2,21,23,24). The summed E-state index contributed by atoms with van der Waals surface area (Å²) in [5.41, 5.74) is 0.726. The lowest BCUT2D eigenvalue weighted by molar-refractivity contribution is 0.0531. The van der Waals surface area contributed by atoms with Gasteiger partial charge in [0.05, 0.1) is 18.3 Å². The highest BCUT2D eigenvalue weighted by Gasteiger charge is 2.43. The lowest BCUT2D eigenvalue weighted by Gasteiger charge is -2.22. The molecule has 0 amide bonds. The van der Waals surface area contributed by atoms with E-state index >= 15 is 0 Å². The Labute approximate surface area is 166 Å². The number of esters is 1. The average Bonchev–Trinajstić information content (AvgIpc) is 3.33. The van der Waals surface area contributed by atoms with E-state index in [1.165, 1.54) is 49.9 Å². The molecule has 6 nitrogen and oxygen atoms in total. The second-order valence-electron chi connectivity index (χ2n) is 7.67. The van der Waals surface area contributed by atoms with E-state index in [1.807, 2.05) is 20.8 Å². The molecule has 0 bridgehead atoms. The molecule has 3 unspecified atom stereocenters. The molecule has 0 spiro atoms. The number of aromatic nitrogens is 1. The normalized spacial score (nSPS) is 24.4. The predicted octanol–water partition coefficient (Wildman–Crippen LogP) is 3.82. The Balaban J connectivity index is 1.54. The minimum absolute atomic E-state index is 0.0186. The van der Waals surface area contributed by atoms with Crippen LogP contribution >= 0.6 is 11.3 Å². The van der Waals surface area contributed by atoms with Gasteiger partial charge in [0.25, 0.3) is 0 Å². The van der Waals surface area contributed by atoms with E-state index in [4.69, 9.17) is 4.74 Å². The van der Waals surface area contributed by atoms with Crippen LogP contribution in [-0.2, 0) is 4.74 Å². The largest absolute Gasteiger partial charge is 0.462 e. The molecule has 2 aliphatic carbocycles. The fraction of sp³-hybridized carbons (Fsp3) is 0.750. The summed E-state index contributed by atoms with van der Waals surface area (Å²) < 4.78 is 5.11. The fourth-order valence-corrected chi connectivity index (χ4v) is 5.03. The molecular weight excluding hydrogens is 360 g/mol. The molecule has 1 heterocycles. The second kappa shape index (κ2) is 9.04. The Morgan fingerprint density at radius 1 is 1.37 bits per heavy atom. The van der Waals surface area contributed by atoms with Crippen molar-refractivity contribution in [1.29, 1.82) is 0 Å². The van der Waals surface area contributed by atoms with Crippen LogP contribution in [0.2, 0.25) is 0 Å². The van der Waals surface area contributed by atoms with Crippen molar-refractivity contribution < 1.29 is 9.53 Å². The minimum Gasteiger partial charge on any atom is -0.462 e. The molecule has 27 heavy (non-hydrogen) atoms. The number of thiazole rings is 1. The Morgan fingerprint density at radius 3 is 2.78 bits per heavy atom. The van der Waals surface area contributed by atoms with Crippen LogP contribution in [0.1, 0.15) is 78.8 Å². The van der Waals surface area contributed by atoms with Crippen LogP contribution in [0.15, 0.2) is 4.99 Å². The molecule has 0 radical (unpaired) electrons. The number of aryl methyl sites for hydroxylation is 1. The number of hydrogen-bond donors (Lipinski definition) is 2. The van der Waals surface area contributed by atoms with Gasteiger partial charge in [-0.2, -0.15) is 0 Å². The van der Waals surface area contributed by atoms with Gasteiger partial charge in [0, 0.05) is 13.1 Å². The summed E-state index contributed by atoms with van der Waals surface area (Å²) in [6.45, 7) is 6.09. The van der Waals surface area contributed by atoms with Crippen molar-refractivity contribution in [3.05, 3.63) is 15.6 Å². The van der Waals surface area contributed by atoms with Gasteiger partial charge in [-0.15, -0.1) is 11.3 Å². The number of ether oxygens (including phenoxy) is 1. The van der Waals surface area contributed by atoms with Crippen LogP contribution in [0, 0.1) is 18.8 Å². The number of rotatable bonds is 6. The number of nitrogens with one attached hydrogen (secondary N) is 2. The number of carbonyl (C=O) groups excluding carboxylic acids is 1. The number of aliphatic imine (C=N–C) groups is 1. The maximum absolute atomic E-state index is 12.0. The van der Waals surface area contributed by atoms with Crippen LogP contribution in [0.3, 0.4) is 0 Å². The molecular formula is C20H32N4O2S.